The zero-order valence-corrected chi connectivity index (χ0v) is 16.5. The number of aromatic nitrogens is 1. The molecule has 0 aliphatic carbocycles. The summed E-state index contributed by atoms with van der Waals surface area (Å²) in [5, 5.41) is 0. The van der Waals surface area contributed by atoms with Gasteiger partial charge in [0, 0.05) is 19.3 Å². The van der Waals surface area contributed by atoms with Crippen molar-refractivity contribution in [1.29, 1.82) is 0 Å². The van der Waals surface area contributed by atoms with Gasteiger partial charge < -0.3 is 4.74 Å². The van der Waals surface area contributed by atoms with Crippen molar-refractivity contribution < 1.29 is 13.2 Å². The zero-order chi connectivity index (χ0) is 19.1. The SMILES string of the molecule is CCOc1ccc(S(=O)(=O)NCC2CCN(Cc3ccccn3)CC2)cc1. The Hall–Kier alpha value is -1.96. The molecule has 1 saturated heterocycles. The van der Waals surface area contributed by atoms with Gasteiger partial charge in [-0.15, -0.1) is 0 Å². The van der Waals surface area contributed by atoms with Gasteiger partial charge in [0.1, 0.15) is 5.75 Å². The maximum absolute atomic E-state index is 12.5. The van der Waals surface area contributed by atoms with Gasteiger partial charge in [0.15, 0.2) is 0 Å². The van der Waals surface area contributed by atoms with Crippen molar-refractivity contribution in [2.24, 2.45) is 5.92 Å². The van der Waals surface area contributed by atoms with Crippen LogP contribution in [0.15, 0.2) is 53.6 Å². The molecular weight excluding hydrogens is 362 g/mol. The van der Waals surface area contributed by atoms with Gasteiger partial charge >= 0.3 is 0 Å². The fraction of sp³-hybridized carbons (Fsp3) is 0.450. The molecule has 0 radical (unpaired) electrons. The minimum atomic E-state index is -3.48. The summed E-state index contributed by atoms with van der Waals surface area (Å²) < 4.78 is 33.1. The Morgan fingerprint density at radius 1 is 1.15 bits per heavy atom. The largest absolute Gasteiger partial charge is 0.494 e. The molecule has 0 saturated carbocycles. The van der Waals surface area contributed by atoms with Gasteiger partial charge in [-0.25, -0.2) is 13.1 Å². The van der Waals surface area contributed by atoms with E-state index in [0.717, 1.165) is 38.2 Å². The lowest BCUT2D eigenvalue weighted by molar-refractivity contribution is 0.177. The maximum atomic E-state index is 12.5. The summed E-state index contributed by atoms with van der Waals surface area (Å²) in [6, 6.07) is 12.5. The number of hydrogen-bond acceptors (Lipinski definition) is 5. The summed E-state index contributed by atoms with van der Waals surface area (Å²) in [4.78, 5) is 7.02. The molecule has 6 nitrogen and oxygen atoms in total. The lowest BCUT2D eigenvalue weighted by Gasteiger charge is -2.31. The highest BCUT2D eigenvalue weighted by atomic mass is 32.2. The Kier molecular flexibility index (Phi) is 6.82. The topological polar surface area (TPSA) is 71.5 Å². The van der Waals surface area contributed by atoms with Crippen molar-refractivity contribution >= 4 is 10.0 Å². The van der Waals surface area contributed by atoms with Crippen molar-refractivity contribution in [3.63, 3.8) is 0 Å². The average molecular weight is 390 g/mol. The molecule has 146 valence electrons. The zero-order valence-electron chi connectivity index (χ0n) is 15.7. The molecule has 27 heavy (non-hydrogen) atoms. The van der Waals surface area contributed by atoms with E-state index < -0.39 is 10.0 Å². The second-order valence-electron chi connectivity index (χ2n) is 6.80. The molecule has 0 unspecified atom stereocenters. The lowest BCUT2D eigenvalue weighted by Crippen LogP contribution is -2.38. The van der Waals surface area contributed by atoms with Crippen LogP contribution in [0, 0.1) is 5.92 Å². The molecule has 0 spiro atoms. The number of nitrogens with one attached hydrogen (secondary N) is 1. The third kappa shape index (κ3) is 5.76. The second kappa shape index (κ2) is 9.30. The summed E-state index contributed by atoms with van der Waals surface area (Å²) >= 11 is 0. The lowest BCUT2D eigenvalue weighted by atomic mass is 9.97. The highest BCUT2D eigenvalue weighted by molar-refractivity contribution is 7.89. The first-order valence-electron chi connectivity index (χ1n) is 9.41. The predicted molar refractivity (Wildman–Crippen MR) is 105 cm³/mol. The van der Waals surface area contributed by atoms with Crippen LogP contribution in [0.5, 0.6) is 5.75 Å². The highest BCUT2D eigenvalue weighted by Gasteiger charge is 2.22. The number of nitrogens with zero attached hydrogens (tertiary/aromatic N) is 2. The van der Waals surface area contributed by atoms with E-state index in [1.165, 1.54) is 0 Å². The Bertz CT molecular complexity index is 802. The van der Waals surface area contributed by atoms with E-state index in [2.05, 4.69) is 14.6 Å². The van der Waals surface area contributed by atoms with E-state index in [0.29, 0.717) is 24.8 Å². The van der Waals surface area contributed by atoms with Crippen LogP contribution in [0.1, 0.15) is 25.5 Å². The van der Waals surface area contributed by atoms with Gasteiger partial charge in [0.05, 0.1) is 17.2 Å². The average Bonchev–Trinajstić information content (AvgIpc) is 2.69. The third-order valence-electron chi connectivity index (χ3n) is 4.83. The van der Waals surface area contributed by atoms with Crippen molar-refractivity contribution in [1.82, 2.24) is 14.6 Å². The number of likely N-dealkylation sites (tertiary alicyclic amines) is 1. The predicted octanol–water partition coefficient (Wildman–Crippen LogP) is 2.67. The molecule has 7 heteroatoms. The fourth-order valence-corrected chi connectivity index (χ4v) is 4.38. The van der Waals surface area contributed by atoms with Crippen LogP contribution < -0.4 is 9.46 Å². The van der Waals surface area contributed by atoms with Crippen molar-refractivity contribution in [3.05, 3.63) is 54.4 Å². The summed E-state index contributed by atoms with van der Waals surface area (Å²) in [6.07, 6.45) is 3.79. The number of piperidine rings is 1. The molecular formula is C20H27N3O3S. The third-order valence-corrected chi connectivity index (χ3v) is 6.27. The Morgan fingerprint density at radius 2 is 1.89 bits per heavy atom. The normalized spacial score (nSPS) is 16.3. The highest BCUT2D eigenvalue weighted by Crippen LogP contribution is 2.20. The minimum Gasteiger partial charge on any atom is -0.494 e. The molecule has 2 heterocycles. The van der Waals surface area contributed by atoms with E-state index in [1.807, 2.05) is 31.3 Å². The number of hydrogen-bond donors (Lipinski definition) is 1. The second-order valence-corrected chi connectivity index (χ2v) is 8.56. The molecule has 0 amide bonds. The molecule has 1 aromatic carbocycles. The monoisotopic (exact) mass is 389 g/mol. The van der Waals surface area contributed by atoms with E-state index in [-0.39, 0.29) is 4.90 Å². The number of pyridine rings is 1. The van der Waals surface area contributed by atoms with Gasteiger partial charge in [-0.1, -0.05) is 6.07 Å². The maximum Gasteiger partial charge on any atom is 0.240 e. The van der Waals surface area contributed by atoms with Crippen LogP contribution in [-0.4, -0.2) is 44.5 Å². The summed E-state index contributed by atoms with van der Waals surface area (Å²) in [7, 11) is -3.48. The molecule has 1 N–H and O–H groups in total. The van der Waals surface area contributed by atoms with Crippen LogP contribution in [0.3, 0.4) is 0 Å². The van der Waals surface area contributed by atoms with Crippen LogP contribution in [0.25, 0.3) is 0 Å². The standard InChI is InChI=1S/C20H27N3O3S/c1-2-26-19-6-8-20(9-7-19)27(24,25)22-15-17-10-13-23(14-11-17)16-18-5-3-4-12-21-18/h3-9,12,17,22H,2,10-11,13-16H2,1H3. The quantitative estimate of drug-likeness (QED) is 0.752. The molecule has 1 aromatic heterocycles. The van der Waals surface area contributed by atoms with Crippen molar-refractivity contribution in [2.45, 2.75) is 31.2 Å². The molecule has 0 atom stereocenters. The number of rotatable bonds is 8. The van der Waals surface area contributed by atoms with Crippen LogP contribution in [0.4, 0.5) is 0 Å². The fourth-order valence-electron chi connectivity index (χ4n) is 3.26. The van der Waals surface area contributed by atoms with Crippen LogP contribution in [-0.2, 0) is 16.6 Å². The molecule has 1 aliphatic rings. The Balaban J connectivity index is 1.46. The van der Waals surface area contributed by atoms with Gasteiger partial charge in [-0.2, -0.15) is 0 Å². The number of benzene rings is 1. The van der Waals surface area contributed by atoms with E-state index in [4.69, 9.17) is 4.74 Å². The van der Waals surface area contributed by atoms with Gasteiger partial charge in [-0.05, 0) is 75.2 Å². The Morgan fingerprint density at radius 3 is 2.52 bits per heavy atom. The first-order chi connectivity index (χ1) is 13.1. The van der Waals surface area contributed by atoms with Gasteiger partial charge in [-0.3, -0.25) is 9.88 Å². The molecule has 2 aromatic rings. The smallest absolute Gasteiger partial charge is 0.240 e. The van der Waals surface area contributed by atoms with E-state index >= 15 is 0 Å². The summed E-state index contributed by atoms with van der Waals surface area (Å²) in [5.74, 6) is 1.04. The first kappa shape index (κ1) is 19.8. The number of sulfonamides is 1. The van der Waals surface area contributed by atoms with Crippen LogP contribution in [0.2, 0.25) is 0 Å². The van der Waals surface area contributed by atoms with E-state index in [1.54, 1.807) is 24.3 Å². The number of ether oxygens (including phenoxy) is 1. The molecule has 0 bridgehead atoms. The molecule has 1 fully saturated rings. The summed E-state index contributed by atoms with van der Waals surface area (Å²) in [6.45, 7) is 5.72. The van der Waals surface area contributed by atoms with Gasteiger partial charge in [0.2, 0.25) is 10.0 Å². The van der Waals surface area contributed by atoms with Gasteiger partial charge in [0.25, 0.3) is 0 Å². The summed E-state index contributed by atoms with van der Waals surface area (Å²) in [5.41, 5.74) is 1.08. The Labute approximate surface area is 161 Å². The van der Waals surface area contributed by atoms with Crippen molar-refractivity contribution in [3.8, 4) is 5.75 Å². The molecule has 3 rings (SSSR count). The van der Waals surface area contributed by atoms with Crippen molar-refractivity contribution in [2.75, 3.05) is 26.2 Å². The minimum absolute atomic E-state index is 0.276. The molecule has 1 aliphatic heterocycles. The first-order valence-corrected chi connectivity index (χ1v) is 10.9. The van der Waals surface area contributed by atoms with E-state index in [9.17, 15) is 8.42 Å². The van der Waals surface area contributed by atoms with Crippen LogP contribution >= 0.6 is 0 Å².